The summed E-state index contributed by atoms with van der Waals surface area (Å²) in [5.74, 6) is -0.243. The van der Waals surface area contributed by atoms with Crippen LogP contribution in [0.2, 0.25) is 0 Å². The number of phenols is 2. The minimum atomic E-state index is -0.365. The van der Waals surface area contributed by atoms with Crippen molar-refractivity contribution < 1.29 is 15.0 Å². The van der Waals surface area contributed by atoms with E-state index >= 15 is 0 Å². The van der Waals surface area contributed by atoms with Gasteiger partial charge in [0.05, 0.1) is 0 Å². The highest BCUT2D eigenvalue weighted by molar-refractivity contribution is 9.10. The van der Waals surface area contributed by atoms with E-state index in [1.54, 1.807) is 24.3 Å². The molecule has 2 aromatic carbocycles. The van der Waals surface area contributed by atoms with Crippen molar-refractivity contribution >= 4 is 37.6 Å². The number of ketones is 1. The highest BCUT2D eigenvalue weighted by Gasteiger charge is 2.42. The number of hydrogen-bond acceptors (Lipinski definition) is 4. The Bertz CT molecular complexity index is 718. The van der Waals surface area contributed by atoms with Crippen LogP contribution in [0.3, 0.4) is 0 Å². The molecule has 3 rings (SSSR count). The van der Waals surface area contributed by atoms with Crippen LogP contribution in [0.25, 0.3) is 0 Å². The molecule has 2 aromatic rings. The number of halogens is 2. The van der Waals surface area contributed by atoms with E-state index in [1.807, 2.05) is 26.0 Å². The Morgan fingerprint density at radius 1 is 0.840 bits per heavy atom. The lowest BCUT2D eigenvalue weighted by atomic mass is 9.76. The SMILES string of the molecule is C[C@@H]1C(=O)[C@@H](C)[C@H](c2c(O)cccc2Br)N[C@@H]1c1c(O)cccc1Br. The van der Waals surface area contributed by atoms with Crippen LogP contribution < -0.4 is 5.32 Å². The van der Waals surface area contributed by atoms with E-state index in [0.717, 1.165) is 8.95 Å². The molecule has 0 spiro atoms. The van der Waals surface area contributed by atoms with Crippen molar-refractivity contribution in [2.75, 3.05) is 0 Å². The third-order valence-electron chi connectivity index (χ3n) is 4.94. The zero-order valence-corrected chi connectivity index (χ0v) is 17.0. The van der Waals surface area contributed by atoms with Gasteiger partial charge in [-0.15, -0.1) is 0 Å². The molecule has 1 aliphatic rings. The van der Waals surface area contributed by atoms with Crippen LogP contribution in [0.4, 0.5) is 0 Å². The molecule has 1 saturated heterocycles. The second kappa shape index (κ2) is 7.09. The van der Waals surface area contributed by atoms with Crippen LogP contribution in [0.15, 0.2) is 45.3 Å². The molecule has 0 aromatic heterocycles. The first-order valence-corrected chi connectivity index (χ1v) is 9.66. The highest BCUT2D eigenvalue weighted by Crippen LogP contribution is 2.45. The molecule has 1 heterocycles. The fraction of sp³-hybridized carbons (Fsp3) is 0.316. The van der Waals surface area contributed by atoms with Gasteiger partial charge in [-0.25, -0.2) is 0 Å². The fourth-order valence-electron chi connectivity index (χ4n) is 3.56. The molecule has 0 saturated carbocycles. The van der Waals surface area contributed by atoms with Gasteiger partial charge >= 0.3 is 0 Å². The number of Topliss-reactive ketones (excluding diaryl/α,β-unsaturated/α-hetero) is 1. The molecule has 0 aliphatic carbocycles. The minimum absolute atomic E-state index is 0.0963. The molecule has 1 fully saturated rings. The predicted molar refractivity (Wildman–Crippen MR) is 104 cm³/mol. The van der Waals surface area contributed by atoms with Crippen molar-refractivity contribution in [1.29, 1.82) is 0 Å². The zero-order valence-electron chi connectivity index (χ0n) is 13.8. The van der Waals surface area contributed by atoms with Gasteiger partial charge in [0.2, 0.25) is 0 Å². The number of rotatable bonds is 2. The Balaban J connectivity index is 2.09. The highest BCUT2D eigenvalue weighted by atomic mass is 79.9. The number of piperidine rings is 1. The average molecular weight is 469 g/mol. The van der Waals surface area contributed by atoms with Gasteiger partial charge in [-0.3, -0.25) is 4.79 Å². The van der Waals surface area contributed by atoms with Crippen LogP contribution in [0.1, 0.15) is 37.1 Å². The van der Waals surface area contributed by atoms with Crippen molar-refractivity contribution in [3.8, 4) is 11.5 Å². The first kappa shape index (κ1) is 18.4. The van der Waals surface area contributed by atoms with Crippen molar-refractivity contribution in [3.05, 3.63) is 56.5 Å². The van der Waals surface area contributed by atoms with Gasteiger partial charge in [-0.2, -0.15) is 0 Å². The molecule has 0 radical (unpaired) electrons. The summed E-state index contributed by atoms with van der Waals surface area (Å²) >= 11 is 6.96. The molecule has 4 nitrogen and oxygen atoms in total. The fourth-order valence-corrected chi connectivity index (χ4v) is 4.76. The maximum atomic E-state index is 12.9. The van der Waals surface area contributed by atoms with Gasteiger partial charge < -0.3 is 15.5 Å². The normalized spacial score (nSPS) is 26.6. The van der Waals surface area contributed by atoms with Crippen molar-refractivity contribution in [2.24, 2.45) is 11.8 Å². The monoisotopic (exact) mass is 467 g/mol. The number of hydrogen-bond donors (Lipinski definition) is 3. The molecule has 4 atom stereocenters. The topological polar surface area (TPSA) is 69.6 Å². The van der Waals surface area contributed by atoms with Crippen LogP contribution in [-0.2, 0) is 4.79 Å². The summed E-state index contributed by atoms with van der Waals surface area (Å²) in [7, 11) is 0. The molecule has 0 bridgehead atoms. The first-order valence-electron chi connectivity index (χ1n) is 8.07. The van der Waals surface area contributed by atoms with E-state index in [1.165, 1.54) is 0 Å². The third-order valence-corrected chi connectivity index (χ3v) is 6.32. The second-order valence-corrected chi connectivity index (χ2v) is 8.16. The maximum Gasteiger partial charge on any atom is 0.142 e. The van der Waals surface area contributed by atoms with E-state index in [2.05, 4.69) is 37.2 Å². The summed E-state index contributed by atoms with van der Waals surface area (Å²) in [6, 6.07) is 9.68. The number of carbonyl (C=O) groups excluding carboxylic acids is 1. The van der Waals surface area contributed by atoms with E-state index in [9.17, 15) is 15.0 Å². The molecule has 3 N–H and O–H groups in total. The second-order valence-electron chi connectivity index (χ2n) is 6.45. The summed E-state index contributed by atoms with van der Waals surface area (Å²) in [6.45, 7) is 3.73. The van der Waals surface area contributed by atoms with Crippen LogP contribution in [-0.4, -0.2) is 16.0 Å². The van der Waals surface area contributed by atoms with E-state index in [0.29, 0.717) is 11.1 Å². The Labute approximate surface area is 163 Å². The van der Waals surface area contributed by atoms with E-state index in [-0.39, 0.29) is 41.2 Å². The predicted octanol–water partition coefficient (Wildman–Crippen LogP) is 4.85. The van der Waals surface area contributed by atoms with Crippen LogP contribution in [0, 0.1) is 11.8 Å². The lowest BCUT2D eigenvalue weighted by Crippen LogP contribution is -2.46. The maximum absolute atomic E-state index is 12.9. The summed E-state index contributed by atoms with van der Waals surface area (Å²) in [4.78, 5) is 12.9. The smallest absolute Gasteiger partial charge is 0.142 e. The summed E-state index contributed by atoms with van der Waals surface area (Å²) in [6.07, 6.45) is 0. The summed E-state index contributed by atoms with van der Waals surface area (Å²) in [5.41, 5.74) is 1.32. The number of aromatic hydroxyl groups is 2. The minimum Gasteiger partial charge on any atom is -0.508 e. The van der Waals surface area contributed by atoms with E-state index in [4.69, 9.17) is 0 Å². The number of carbonyl (C=O) groups is 1. The van der Waals surface area contributed by atoms with E-state index < -0.39 is 0 Å². The summed E-state index contributed by atoms with van der Waals surface area (Å²) < 4.78 is 1.49. The number of nitrogens with one attached hydrogen (secondary N) is 1. The Kier molecular flexibility index (Phi) is 5.23. The summed E-state index contributed by atoms with van der Waals surface area (Å²) in [5, 5.41) is 24.2. The number of benzene rings is 2. The number of phenolic OH excluding ortho intramolecular Hbond substituents is 2. The molecular weight excluding hydrogens is 450 g/mol. The molecular formula is C19H19Br2NO3. The Morgan fingerprint density at radius 2 is 1.24 bits per heavy atom. The van der Waals surface area contributed by atoms with Crippen LogP contribution in [0.5, 0.6) is 11.5 Å². The lowest BCUT2D eigenvalue weighted by Gasteiger charge is -2.40. The molecule has 0 unspecified atom stereocenters. The zero-order chi connectivity index (χ0) is 18.3. The van der Waals surface area contributed by atoms with Gasteiger partial charge in [0.15, 0.2) is 0 Å². The first-order chi connectivity index (χ1) is 11.8. The third kappa shape index (κ3) is 3.23. The molecule has 132 valence electrons. The standard InChI is InChI=1S/C19H19Br2NO3/c1-9-17(15-11(20)5-3-7-13(15)23)22-18(10(2)19(9)25)16-12(21)6-4-8-14(16)24/h3-10,17-18,22-24H,1-2H3/t9-,10-,17-,18+/m0/s1. The quantitative estimate of drug-likeness (QED) is 0.589. The Morgan fingerprint density at radius 3 is 1.60 bits per heavy atom. The lowest BCUT2D eigenvalue weighted by molar-refractivity contribution is -0.130. The van der Waals surface area contributed by atoms with Crippen molar-refractivity contribution in [2.45, 2.75) is 25.9 Å². The van der Waals surface area contributed by atoms with Crippen LogP contribution >= 0.6 is 31.9 Å². The molecule has 6 heteroatoms. The molecule has 25 heavy (non-hydrogen) atoms. The molecule has 0 amide bonds. The Hall–Kier alpha value is -1.37. The van der Waals surface area contributed by atoms with Crippen molar-refractivity contribution in [3.63, 3.8) is 0 Å². The largest absolute Gasteiger partial charge is 0.508 e. The van der Waals surface area contributed by atoms with Gasteiger partial charge in [0.25, 0.3) is 0 Å². The van der Waals surface area contributed by atoms with Gasteiger partial charge in [-0.05, 0) is 24.3 Å². The van der Waals surface area contributed by atoms with Gasteiger partial charge in [-0.1, -0.05) is 57.8 Å². The molecule has 1 aliphatic heterocycles. The average Bonchev–Trinajstić information content (AvgIpc) is 2.56. The van der Waals surface area contributed by atoms with Gasteiger partial charge in [0.1, 0.15) is 17.3 Å². The van der Waals surface area contributed by atoms with Crippen molar-refractivity contribution in [1.82, 2.24) is 5.32 Å². The van der Waals surface area contributed by atoms with Gasteiger partial charge in [0, 0.05) is 44.0 Å².